The highest BCUT2D eigenvalue weighted by Gasteiger charge is 2.29. The van der Waals surface area contributed by atoms with Crippen molar-refractivity contribution in [2.24, 2.45) is 5.92 Å². The van der Waals surface area contributed by atoms with Crippen molar-refractivity contribution in [3.8, 4) is 0 Å². The van der Waals surface area contributed by atoms with Crippen molar-refractivity contribution < 1.29 is 4.79 Å². The minimum atomic E-state index is 0.114. The Morgan fingerprint density at radius 2 is 1.82 bits per heavy atom. The van der Waals surface area contributed by atoms with Gasteiger partial charge < -0.3 is 9.47 Å². The lowest BCUT2D eigenvalue weighted by molar-refractivity contribution is -0.136. The summed E-state index contributed by atoms with van der Waals surface area (Å²) in [5.41, 5.74) is 4.06. The molecule has 1 amide bonds. The van der Waals surface area contributed by atoms with Gasteiger partial charge in [0.05, 0.1) is 12.2 Å². The van der Waals surface area contributed by atoms with Gasteiger partial charge >= 0.3 is 0 Å². The van der Waals surface area contributed by atoms with Gasteiger partial charge in [0.2, 0.25) is 5.91 Å². The number of carbonyl (C=O) groups is 1. The number of benzene rings is 1. The summed E-state index contributed by atoms with van der Waals surface area (Å²) < 4.78 is 2.14. The molecule has 0 radical (unpaired) electrons. The molecule has 2 aliphatic rings. The van der Waals surface area contributed by atoms with Gasteiger partial charge in [-0.1, -0.05) is 24.3 Å². The van der Waals surface area contributed by atoms with Crippen LogP contribution in [0.4, 0.5) is 0 Å². The maximum absolute atomic E-state index is 12.9. The lowest BCUT2D eigenvalue weighted by atomic mass is 9.96. The molecule has 114 valence electrons. The summed E-state index contributed by atoms with van der Waals surface area (Å²) in [4.78, 5) is 19.1. The third-order valence-corrected chi connectivity index (χ3v) is 5.05. The molecule has 0 saturated carbocycles. The highest BCUT2D eigenvalue weighted by Crippen LogP contribution is 2.23. The van der Waals surface area contributed by atoms with E-state index in [1.165, 1.54) is 16.8 Å². The van der Waals surface area contributed by atoms with Crippen LogP contribution in [0.3, 0.4) is 0 Å². The summed E-state index contributed by atoms with van der Waals surface area (Å²) >= 11 is 0. The molecule has 3 heterocycles. The smallest absolute Gasteiger partial charge is 0.227 e. The molecule has 1 atom stereocenters. The third-order valence-electron chi connectivity index (χ3n) is 5.05. The number of hydrogen-bond acceptors (Lipinski definition) is 2. The Morgan fingerprint density at radius 1 is 1.09 bits per heavy atom. The predicted octanol–water partition coefficient (Wildman–Crippen LogP) is 2.07. The van der Waals surface area contributed by atoms with Gasteiger partial charge in [-0.05, 0) is 36.8 Å². The van der Waals surface area contributed by atoms with Crippen LogP contribution >= 0.6 is 0 Å². The zero-order valence-electron chi connectivity index (χ0n) is 12.7. The topological polar surface area (TPSA) is 38.1 Å². The largest absolute Gasteiger partial charge is 0.342 e. The second-order valence-electron chi connectivity index (χ2n) is 6.37. The first-order chi connectivity index (χ1) is 10.8. The predicted molar refractivity (Wildman–Crippen MR) is 84.5 cm³/mol. The van der Waals surface area contributed by atoms with Gasteiger partial charge in [0.15, 0.2) is 0 Å². The van der Waals surface area contributed by atoms with Gasteiger partial charge in [0.1, 0.15) is 0 Å². The first kappa shape index (κ1) is 13.6. The lowest BCUT2D eigenvalue weighted by Crippen LogP contribution is -2.40. The summed E-state index contributed by atoms with van der Waals surface area (Å²) in [6, 6.07) is 8.58. The van der Waals surface area contributed by atoms with Crippen LogP contribution in [0.2, 0.25) is 0 Å². The number of rotatable bonds is 1. The number of fused-ring (bicyclic) bond motifs is 2. The summed E-state index contributed by atoms with van der Waals surface area (Å²) in [7, 11) is 0. The third kappa shape index (κ3) is 2.43. The summed E-state index contributed by atoms with van der Waals surface area (Å²) in [5, 5.41) is 0. The molecule has 0 aliphatic carbocycles. The van der Waals surface area contributed by atoms with Gasteiger partial charge in [-0.2, -0.15) is 0 Å². The summed E-state index contributed by atoms with van der Waals surface area (Å²) in [6.07, 6.45) is 7.64. The molecular formula is C18H21N3O. The summed E-state index contributed by atoms with van der Waals surface area (Å²) in [5.74, 6) is 0.440. The number of nitrogens with zero attached hydrogens (tertiary/aromatic N) is 3. The fraction of sp³-hybridized carbons (Fsp3) is 0.444. The Kier molecular flexibility index (Phi) is 3.45. The van der Waals surface area contributed by atoms with Crippen molar-refractivity contribution in [2.45, 2.75) is 32.2 Å². The van der Waals surface area contributed by atoms with Gasteiger partial charge in [-0.25, -0.2) is 4.98 Å². The first-order valence-corrected chi connectivity index (χ1v) is 8.16. The molecule has 22 heavy (non-hydrogen) atoms. The van der Waals surface area contributed by atoms with E-state index >= 15 is 0 Å². The van der Waals surface area contributed by atoms with Crippen LogP contribution in [0.5, 0.6) is 0 Å². The van der Waals surface area contributed by atoms with E-state index in [0.717, 1.165) is 45.3 Å². The second-order valence-corrected chi connectivity index (χ2v) is 6.37. The van der Waals surface area contributed by atoms with Crippen LogP contribution in [0.25, 0.3) is 0 Å². The number of carbonyl (C=O) groups excluding carboxylic acids is 1. The highest BCUT2D eigenvalue weighted by molar-refractivity contribution is 5.79. The van der Waals surface area contributed by atoms with Crippen molar-refractivity contribution >= 4 is 5.91 Å². The van der Waals surface area contributed by atoms with Crippen LogP contribution in [-0.2, 0) is 30.6 Å². The molecule has 4 nitrogen and oxygen atoms in total. The molecule has 2 aliphatic heterocycles. The van der Waals surface area contributed by atoms with E-state index in [0.29, 0.717) is 5.91 Å². The average molecular weight is 295 g/mol. The van der Waals surface area contributed by atoms with E-state index < -0.39 is 0 Å². The van der Waals surface area contributed by atoms with E-state index in [-0.39, 0.29) is 5.92 Å². The highest BCUT2D eigenvalue weighted by atomic mass is 16.2. The molecule has 1 aromatic carbocycles. The zero-order chi connectivity index (χ0) is 14.9. The molecule has 0 fully saturated rings. The van der Waals surface area contributed by atoms with E-state index in [2.05, 4.69) is 38.7 Å². The quantitative estimate of drug-likeness (QED) is 0.808. The van der Waals surface area contributed by atoms with Crippen molar-refractivity contribution in [3.05, 3.63) is 53.6 Å². The second kappa shape index (κ2) is 5.59. The number of aryl methyl sites for hydroxylation is 1. The minimum Gasteiger partial charge on any atom is -0.342 e. The minimum absolute atomic E-state index is 0.114. The van der Waals surface area contributed by atoms with E-state index in [9.17, 15) is 4.79 Å². The maximum atomic E-state index is 12.9. The lowest BCUT2D eigenvalue weighted by Gasteiger charge is -2.29. The zero-order valence-corrected chi connectivity index (χ0v) is 12.7. The van der Waals surface area contributed by atoms with Crippen molar-refractivity contribution in [2.75, 3.05) is 13.1 Å². The Hall–Kier alpha value is -2.10. The van der Waals surface area contributed by atoms with Crippen LogP contribution in [0, 0.1) is 5.92 Å². The molecule has 0 saturated heterocycles. The molecule has 0 N–H and O–H groups in total. The number of amides is 1. The summed E-state index contributed by atoms with van der Waals surface area (Å²) in [6.45, 7) is 2.49. The normalized spacial score (nSPS) is 20.9. The standard InChI is InChI=1S/C18H21N3O/c22-18(16-5-6-17-11-19-13-21(17)12-16)20-9-7-14-3-1-2-4-15(14)8-10-20/h1-4,11,13,16H,5-10,12H2. The molecule has 0 bridgehead atoms. The van der Waals surface area contributed by atoms with Crippen LogP contribution in [0.15, 0.2) is 36.8 Å². The van der Waals surface area contributed by atoms with E-state index in [1.54, 1.807) is 0 Å². The fourth-order valence-corrected chi connectivity index (χ4v) is 3.72. The van der Waals surface area contributed by atoms with Crippen molar-refractivity contribution in [3.63, 3.8) is 0 Å². The Bertz CT molecular complexity index is 664. The van der Waals surface area contributed by atoms with Crippen LogP contribution < -0.4 is 0 Å². The van der Waals surface area contributed by atoms with Gasteiger partial charge in [-0.3, -0.25) is 4.79 Å². The molecular weight excluding hydrogens is 274 g/mol. The molecule has 1 aromatic heterocycles. The molecule has 0 spiro atoms. The van der Waals surface area contributed by atoms with E-state index in [1.807, 2.05) is 12.5 Å². The number of hydrogen-bond donors (Lipinski definition) is 0. The number of aromatic nitrogens is 2. The Balaban J connectivity index is 1.46. The number of imidazole rings is 1. The monoisotopic (exact) mass is 295 g/mol. The van der Waals surface area contributed by atoms with Crippen LogP contribution in [0.1, 0.15) is 23.2 Å². The molecule has 1 unspecified atom stereocenters. The Morgan fingerprint density at radius 3 is 2.55 bits per heavy atom. The van der Waals surface area contributed by atoms with Crippen molar-refractivity contribution in [1.29, 1.82) is 0 Å². The average Bonchev–Trinajstić information content (AvgIpc) is 2.92. The first-order valence-electron chi connectivity index (χ1n) is 8.16. The Labute approximate surface area is 130 Å². The van der Waals surface area contributed by atoms with Crippen LogP contribution in [-0.4, -0.2) is 33.4 Å². The van der Waals surface area contributed by atoms with E-state index in [4.69, 9.17) is 0 Å². The fourth-order valence-electron chi connectivity index (χ4n) is 3.72. The molecule has 4 rings (SSSR count). The molecule has 4 heteroatoms. The van der Waals surface area contributed by atoms with Gasteiger partial charge in [-0.15, -0.1) is 0 Å². The maximum Gasteiger partial charge on any atom is 0.227 e. The molecule has 2 aromatic rings. The van der Waals surface area contributed by atoms with Gasteiger partial charge in [0.25, 0.3) is 0 Å². The van der Waals surface area contributed by atoms with Crippen molar-refractivity contribution in [1.82, 2.24) is 14.5 Å². The SMILES string of the molecule is O=C(C1CCc2cncn2C1)N1CCc2ccccc2CC1. The van der Waals surface area contributed by atoms with Gasteiger partial charge in [0, 0.05) is 31.5 Å².